The van der Waals surface area contributed by atoms with Gasteiger partial charge in [-0.05, 0) is 44.5 Å². The first kappa shape index (κ1) is 25.9. The third-order valence-electron chi connectivity index (χ3n) is 5.61. The average Bonchev–Trinajstić information content (AvgIpc) is 3.22. The van der Waals surface area contributed by atoms with Crippen molar-refractivity contribution in [2.24, 2.45) is 0 Å². The molecule has 0 radical (unpaired) electrons. The molecule has 0 saturated carbocycles. The van der Waals surface area contributed by atoms with E-state index in [2.05, 4.69) is 11.6 Å². The molecule has 3 aromatic rings. The molecule has 8 heteroatoms. The number of benzene rings is 2. The second-order valence-electron chi connectivity index (χ2n) is 8.20. The van der Waals surface area contributed by atoms with Gasteiger partial charge in [0.05, 0.1) is 25.3 Å². The van der Waals surface area contributed by atoms with Crippen LogP contribution in [0.2, 0.25) is 0 Å². The van der Waals surface area contributed by atoms with Crippen LogP contribution in [-0.4, -0.2) is 25.2 Å². The topological polar surface area (TPSA) is 48.4 Å². The van der Waals surface area contributed by atoms with Crippen LogP contribution in [0.1, 0.15) is 35.5 Å². The third-order valence-corrected chi connectivity index (χ3v) is 8.08. The van der Waals surface area contributed by atoms with Crippen LogP contribution in [0.25, 0.3) is 10.6 Å². The second-order valence-corrected chi connectivity index (χ2v) is 10.3. The molecule has 4 nitrogen and oxygen atoms in total. The number of carbonyl (C=O) groups excluding carboxylic acids is 1. The van der Waals surface area contributed by atoms with Crippen molar-refractivity contribution in [2.75, 3.05) is 14.2 Å². The Kier molecular flexibility index (Phi) is 7.83. The van der Waals surface area contributed by atoms with Gasteiger partial charge < -0.3 is 9.47 Å². The molecule has 0 atom stereocenters. The Balaban J connectivity index is 1.78. The number of halogens is 2. The van der Waals surface area contributed by atoms with Crippen LogP contribution in [0.3, 0.4) is 0 Å². The molecule has 180 valence electrons. The summed E-state index contributed by atoms with van der Waals surface area (Å²) in [6.07, 6.45) is 0.641. The Bertz CT molecular complexity index is 1190. The molecular formula is C26H27F2NO3S2. The first-order valence-electron chi connectivity index (χ1n) is 10.5. The Morgan fingerprint density at radius 3 is 2.38 bits per heavy atom. The van der Waals surface area contributed by atoms with E-state index in [0.717, 1.165) is 31.6 Å². The van der Waals surface area contributed by atoms with Gasteiger partial charge >= 0.3 is 5.97 Å². The first-order chi connectivity index (χ1) is 16.0. The summed E-state index contributed by atoms with van der Waals surface area (Å²) in [5.74, 6) is -2.02. The van der Waals surface area contributed by atoms with Crippen LogP contribution < -0.4 is 4.74 Å². The Hall–Kier alpha value is -2.71. The van der Waals surface area contributed by atoms with Crippen LogP contribution in [0.4, 0.5) is 8.78 Å². The lowest BCUT2D eigenvalue weighted by Gasteiger charge is -2.23. The van der Waals surface area contributed by atoms with E-state index in [1.54, 1.807) is 31.0 Å². The minimum Gasteiger partial charge on any atom is -0.496 e. The maximum Gasteiger partial charge on any atom is 0.315 e. The fourth-order valence-corrected chi connectivity index (χ4v) is 5.55. The number of alkyl halides is 2. The van der Waals surface area contributed by atoms with Gasteiger partial charge in [-0.25, -0.2) is 4.98 Å². The number of thioether (sulfide) groups is 1. The van der Waals surface area contributed by atoms with Crippen molar-refractivity contribution in [3.8, 4) is 16.3 Å². The predicted molar refractivity (Wildman–Crippen MR) is 134 cm³/mol. The molecule has 0 N–H and O–H groups in total. The normalized spacial score (nSPS) is 11.9. The summed E-state index contributed by atoms with van der Waals surface area (Å²) >= 11 is 3.15. The molecule has 0 aliphatic carbocycles. The molecular weight excluding hydrogens is 476 g/mol. The van der Waals surface area contributed by atoms with E-state index in [4.69, 9.17) is 9.47 Å². The molecule has 0 amide bonds. The van der Waals surface area contributed by atoms with Crippen LogP contribution >= 0.6 is 23.1 Å². The molecule has 1 heterocycles. The predicted octanol–water partition coefficient (Wildman–Crippen LogP) is 7.15. The van der Waals surface area contributed by atoms with E-state index in [1.807, 2.05) is 39.0 Å². The average molecular weight is 504 g/mol. The molecule has 0 aliphatic heterocycles. The van der Waals surface area contributed by atoms with Gasteiger partial charge in [0.1, 0.15) is 10.8 Å². The zero-order chi connectivity index (χ0) is 25.1. The van der Waals surface area contributed by atoms with Crippen molar-refractivity contribution in [3.63, 3.8) is 0 Å². The van der Waals surface area contributed by atoms with Gasteiger partial charge in [0, 0.05) is 26.7 Å². The van der Waals surface area contributed by atoms with Crippen molar-refractivity contribution in [1.29, 1.82) is 0 Å². The van der Waals surface area contributed by atoms with E-state index in [0.29, 0.717) is 17.6 Å². The summed E-state index contributed by atoms with van der Waals surface area (Å²) in [5.41, 5.74) is 1.61. The van der Waals surface area contributed by atoms with Crippen LogP contribution in [-0.2, 0) is 26.6 Å². The zero-order valence-electron chi connectivity index (χ0n) is 19.8. The lowest BCUT2D eigenvalue weighted by atomic mass is 9.84. The zero-order valence-corrected chi connectivity index (χ0v) is 21.4. The number of hydrogen-bond donors (Lipinski definition) is 0. The fraction of sp³-hybridized carbons (Fsp3) is 0.308. The van der Waals surface area contributed by atoms with Crippen molar-refractivity contribution in [2.45, 2.75) is 42.8 Å². The van der Waals surface area contributed by atoms with E-state index >= 15 is 0 Å². The monoisotopic (exact) mass is 503 g/mol. The number of ether oxygens (including phenoxy) is 2. The summed E-state index contributed by atoms with van der Waals surface area (Å²) in [4.78, 5) is 18.8. The highest BCUT2D eigenvalue weighted by Gasteiger charge is 2.31. The standard InChI is InChI=1S/C26H27F2NO3S2/c1-7-26(27,28)18-10-8-17(9-11-18)23-29-16(2)22(34-23)15-33-21-13-12-19(14-20(21)31-5)25(3,4)24(30)32-6/h7-14H,1,15H2,2-6H3. The Labute approximate surface area is 207 Å². The Morgan fingerprint density at radius 1 is 1.15 bits per heavy atom. The van der Waals surface area contributed by atoms with Gasteiger partial charge in [-0.1, -0.05) is 36.9 Å². The summed E-state index contributed by atoms with van der Waals surface area (Å²) in [6, 6.07) is 11.9. The molecule has 0 saturated heterocycles. The second kappa shape index (κ2) is 10.3. The number of carbonyl (C=O) groups is 1. The van der Waals surface area contributed by atoms with Gasteiger partial charge in [0.15, 0.2) is 0 Å². The van der Waals surface area contributed by atoms with Crippen molar-refractivity contribution in [1.82, 2.24) is 4.98 Å². The lowest BCUT2D eigenvalue weighted by Crippen LogP contribution is -2.30. The van der Waals surface area contributed by atoms with Gasteiger partial charge in [0.25, 0.3) is 5.92 Å². The van der Waals surface area contributed by atoms with Crippen molar-refractivity contribution < 1.29 is 23.0 Å². The molecule has 0 spiro atoms. The van der Waals surface area contributed by atoms with Gasteiger partial charge in [0.2, 0.25) is 0 Å². The van der Waals surface area contributed by atoms with Gasteiger partial charge in [-0.15, -0.1) is 23.1 Å². The van der Waals surface area contributed by atoms with E-state index in [-0.39, 0.29) is 11.5 Å². The Morgan fingerprint density at radius 2 is 1.79 bits per heavy atom. The molecule has 1 aromatic heterocycles. The maximum atomic E-state index is 13.8. The minimum absolute atomic E-state index is 0.0961. The number of nitrogens with zero attached hydrogens (tertiary/aromatic N) is 1. The first-order valence-corrected chi connectivity index (χ1v) is 12.3. The number of thiazole rings is 1. The molecule has 34 heavy (non-hydrogen) atoms. The molecule has 0 fully saturated rings. The number of aryl methyl sites for hydroxylation is 1. The van der Waals surface area contributed by atoms with E-state index in [1.165, 1.54) is 30.6 Å². The fourth-order valence-electron chi connectivity index (χ4n) is 3.33. The minimum atomic E-state index is -3.06. The highest BCUT2D eigenvalue weighted by Crippen LogP contribution is 2.39. The highest BCUT2D eigenvalue weighted by atomic mass is 32.2. The SMILES string of the molecule is C=CC(F)(F)c1ccc(-c2nc(C)c(CSc3ccc(C(C)(C)C(=O)OC)cc3OC)s2)cc1. The number of hydrogen-bond acceptors (Lipinski definition) is 6. The lowest BCUT2D eigenvalue weighted by molar-refractivity contribution is -0.146. The van der Waals surface area contributed by atoms with Gasteiger partial charge in [-0.2, -0.15) is 8.78 Å². The smallest absolute Gasteiger partial charge is 0.315 e. The maximum absolute atomic E-state index is 13.8. The quantitative estimate of drug-likeness (QED) is 0.176. The van der Waals surface area contributed by atoms with Crippen LogP contribution in [0, 0.1) is 6.92 Å². The number of aromatic nitrogens is 1. The number of esters is 1. The largest absolute Gasteiger partial charge is 0.496 e. The summed E-state index contributed by atoms with van der Waals surface area (Å²) < 4.78 is 38.1. The van der Waals surface area contributed by atoms with Crippen molar-refractivity contribution in [3.05, 3.63) is 76.8 Å². The van der Waals surface area contributed by atoms with E-state index < -0.39 is 11.3 Å². The summed E-state index contributed by atoms with van der Waals surface area (Å²) in [5, 5.41) is 0.781. The summed E-state index contributed by atoms with van der Waals surface area (Å²) in [7, 11) is 2.98. The molecule has 0 bridgehead atoms. The number of methoxy groups -OCH3 is 2. The molecule has 0 unspecified atom stereocenters. The van der Waals surface area contributed by atoms with E-state index in [9.17, 15) is 13.6 Å². The highest BCUT2D eigenvalue weighted by molar-refractivity contribution is 7.98. The van der Waals surface area contributed by atoms with Crippen LogP contribution in [0.5, 0.6) is 5.75 Å². The molecule has 0 aliphatic rings. The van der Waals surface area contributed by atoms with Crippen molar-refractivity contribution >= 4 is 29.1 Å². The third kappa shape index (κ3) is 5.33. The van der Waals surface area contributed by atoms with Gasteiger partial charge in [-0.3, -0.25) is 4.79 Å². The van der Waals surface area contributed by atoms with Crippen LogP contribution in [0.15, 0.2) is 60.0 Å². The summed E-state index contributed by atoms with van der Waals surface area (Å²) in [6.45, 7) is 8.76. The number of rotatable bonds is 9. The molecule has 2 aromatic carbocycles. The molecule has 3 rings (SSSR count). The number of allylic oxidation sites excluding steroid dienone is 1.